The Morgan fingerprint density at radius 1 is 1.16 bits per heavy atom. The van der Waals surface area contributed by atoms with Gasteiger partial charge in [-0.1, -0.05) is 37.3 Å². The van der Waals surface area contributed by atoms with Gasteiger partial charge < -0.3 is 5.32 Å². The average Bonchev–Trinajstić information content (AvgIpc) is 2.78. The average molecular weight is 258 g/mol. The van der Waals surface area contributed by atoms with Crippen LogP contribution in [0.4, 0.5) is 0 Å². The molecule has 0 aromatic heterocycles. The highest BCUT2D eigenvalue weighted by Crippen LogP contribution is 2.45. The van der Waals surface area contributed by atoms with E-state index in [1.807, 2.05) is 0 Å². The largest absolute Gasteiger partial charge is 0.317 e. The molecule has 2 aliphatic rings. The zero-order valence-corrected chi connectivity index (χ0v) is 12.1. The van der Waals surface area contributed by atoms with Crippen molar-refractivity contribution in [3.05, 3.63) is 35.9 Å². The van der Waals surface area contributed by atoms with Crippen LogP contribution in [-0.2, 0) is 6.54 Å². The van der Waals surface area contributed by atoms with Crippen LogP contribution in [0.3, 0.4) is 0 Å². The van der Waals surface area contributed by atoms with Crippen LogP contribution in [0, 0.1) is 5.41 Å². The lowest BCUT2D eigenvalue weighted by Crippen LogP contribution is -2.45. The Morgan fingerprint density at radius 2 is 1.89 bits per heavy atom. The Balaban J connectivity index is 1.73. The monoisotopic (exact) mass is 258 g/mol. The molecule has 2 fully saturated rings. The van der Waals surface area contributed by atoms with E-state index >= 15 is 0 Å². The van der Waals surface area contributed by atoms with E-state index in [0.717, 1.165) is 12.6 Å². The summed E-state index contributed by atoms with van der Waals surface area (Å²) in [5.74, 6) is 0. The van der Waals surface area contributed by atoms with E-state index < -0.39 is 0 Å². The minimum atomic E-state index is 0.606. The Morgan fingerprint density at radius 3 is 2.58 bits per heavy atom. The first-order valence-electron chi connectivity index (χ1n) is 7.83. The zero-order valence-electron chi connectivity index (χ0n) is 12.1. The summed E-state index contributed by atoms with van der Waals surface area (Å²) >= 11 is 0. The van der Waals surface area contributed by atoms with Crippen LogP contribution in [0.25, 0.3) is 0 Å². The van der Waals surface area contributed by atoms with Gasteiger partial charge in [-0.15, -0.1) is 0 Å². The van der Waals surface area contributed by atoms with E-state index in [9.17, 15) is 0 Å². The standard InChI is InChI=1S/C17H26N2/c1-2-16-17(8-11-18-12-9-17)10-13-19(16)14-15-6-4-3-5-7-15/h3-7,16,18H,2,8-14H2,1H3. The predicted molar refractivity (Wildman–Crippen MR) is 80.1 cm³/mol. The molecule has 0 saturated carbocycles. The Labute approximate surface area is 117 Å². The molecule has 2 saturated heterocycles. The summed E-state index contributed by atoms with van der Waals surface area (Å²) in [4.78, 5) is 2.74. The van der Waals surface area contributed by atoms with Crippen molar-refractivity contribution in [1.29, 1.82) is 0 Å². The molecule has 2 heteroatoms. The Hall–Kier alpha value is -0.860. The number of hydrogen-bond acceptors (Lipinski definition) is 2. The topological polar surface area (TPSA) is 15.3 Å². The van der Waals surface area contributed by atoms with Gasteiger partial charge in [-0.05, 0) is 56.3 Å². The van der Waals surface area contributed by atoms with Crippen LogP contribution < -0.4 is 5.32 Å². The fraction of sp³-hybridized carbons (Fsp3) is 0.647. The van der Waals surface area contributed by atoms with Crippen LogP contribution in [0.2, 0.25) is 0 Å². The maximum Gasteiger partial charge on any atom is 0.0236 e. The second-order valence-electron chi connectivity index (χ2n) is 6.24. The molecular weight excluding hydrogens is 232 g/mol. The van der Waals surface area contributed by atoms with E-state index in [2.05, 4.69) is 47.5 Å². The summed E-state index contributed by atoms with van der Waals surface area (Å²) < 4.78 is 0. The SMILES string of the molecule is CCC1N(Cc2ccccc2)CCC12CCNCC2. The zero-order chi connectivity index (χ0) is 13.1. The van der Waals surface area contributed by atoms with Gasteiger partial charge in [-0.2, -0.15) is 0 Å². The molecule has 0 aliphatic carbocycles. The first kappa shape index (κ1) is 13.1. The Bertz CT molecular complexity index is 395. The maximum absolute atomic E-state index is 3.53. The van der Waals surface area contributed by atoms with E-state index in [4.69, 9.17) is 0 Å². The van der Waals surface area contributed by atoms with E-state index in [0.29, 0.717) is 5.41 Å². The van der Waals surface area contributed by atoms with Crippen molar-refractivity contribution < 1.29 is 0 Å². The van der Waals surface area contributed by atoms with Gasteiger partial charge in [0.25, 0.3) is 0 Å². The third kappa shape index (κ3) is 2.56. The van der Waals surface area contributed by atoms with Gasteiger partial charge in [-0.3, -0.25) is 4.90 Å². The predicted octanol–water partition coefficient (Wildman–Crippen LogP) is 3.04. The summed E-state index contributed by atoms with van der Waals surface area (Å²) in [6.07, 6.45) is 5.44. The molecule has 0 amide bonds. The molecule has 2 aliphatic heterocycles. The fourth-order valence-electron chi connectivity index (χ4n) is 4.28. The van der Waals surface area contributed by atoms with Crippen LogP contribution in [-0.4, -0.2) is 30.6 Å². The van der Waals surface area contributed by atoms with Crippen LogP contribution in [0.1, 0.15) is 38.2 Å². The first-order chi connectivity index (χ1) is 9.34. The maximum atomic E-state index is 3.53. The lowest BCUT2D eigenvalue weighted by molar-refractivity contribution is 0.107. The number of likely N-dealkylation sites (tertiary alicyclic amines) is 1. The molecule has 104 valence electrons. The molecule has 1 aromatic carbocycles. The lowest BCUT2D eigenvalue weighted by Gasteiger charge is -2.41. The molecule has 19 heavy (non-hydrogen) atoms. The summed E-state index contributed by atoms with van der Waals surface area (Å²) in [5, 5.41) is 3.53. The smallest absolute Gasteiger partial charge is 0.0236 e. The fourth-order valence-corrected chi connectivity index (χ4v) is 4.28. The quantitative estimate of drug-likeness (QED) is 0.896. The number of benzene rings is 1. The van der Waals surface area contributed by atoms with Gasteiger partial charge in [0, 0.05) is 12.6 Å². The van der Waals surface area contributed by atoms with Crippen molar-refractivity contribution in [2.75, 3.05) is 19.6 Å². The molecule has 3 rings (SSSR count). The Kier molecular flexibility index (Phi) is 3.90. The molecule has 1 spiro atoms. The highest BCUT2D eigenvalue weighted by Gasteiger charge is 2.46. The second kappa shape index (κ2) is 5.64. The van der Waals surface area contributed by atoms with Crippen molar-refractivity contribution in [3.63, 3.8) is 0 Å². The van der Waals surface area contributed by atoms with E-state index in [1.165, 1.54) is 50.9 Å². The van der Waals surface area contributed by atoms with Gasteiger partial charge in [0.05, 0.1) is 0 Å². The highest BCUT2D eigenvalue weighted by atomic mass is 15.2. The van der Waals surface area contributed by atoms with Gasteiger partial charge >= 0.3 is 0 Å². The first-order valence-corrected chi connectivity index (χ1v) is 7.83. The van der Waals surface area contributed by atoms with Gasteiger partial charge in [0.2, 0.25) is 0 Å². The molecule has 1 aromatic rings. The number of piperidine rings is 1. The number of rotatable bonds is 3. The summed E-state index contributed by atoms with van der Waals surface area (Å²) in [6, 6.07) is 11.7. The summed E-state index contributed by atoms with van der Waals surface area (Å²) in [6.45, 7) is 7.23. The summed E-state index contributed by atoms with van der Waals surface area (Å²) in [5.41, 5.74) is 2.07. The molecule has 2 nitrogen and oxygen atoms in total. The number of hydrogen-bond donors (Lipinski definition) is 1. The van der Waals surface area contributed by atoms with E-state index in [1.54, 1.807) is 0 Å². The van der Waals surface area contributed by atoms with Gasteiger partial charge in [0.15, 0.2) is 0 Å². The van der Waals surface area contributed by atoms with Crippen LogP contribution >= 0.6 is 0 Å². The van der Waals surface area contributed by atoms with Crippen molar-refractivity contribution in [2.45, 2.75) is 45.2 Å². The second-order valence-corrected chi connectivity index (χ2v) is 6.24. The van der Waals surface area contributed by atoms with Crippen molar-refractivity contribution in [1.82, 2.24) is 10.2 Å². The summed E-state index contributed by atoms with van der Waals surface area (Å²) in [7, 11) is 0. The number of nitrogens with zero attached hydrogens (tertiary/aromatic N) is 1. The third-order valence-electron chi connectivity index (χ3n) is 5.26. The highest BCUT2D eigenvalue weighted by molar-refractivity contribution is 5.15. The van der Waals surface area contributed by atoms with Gasteiger partial charge in [0.1, 0.15) is 0 Å². The van der Waals surface area contributed by atoms with Crippen molar-refractivity contribution in [2.24, 2.45) is 5.41 Å². The van der Waals surface area contributed by atoms with Gasteiger partial charge in [-0.25, -0.2) is 0 Å². The molecule has 0 bridgehead atoms. The van der Waals surface area contributed by atoms with Crippen LogP contribution in [0.5, 0.6) is 0 Å². The minimum absolute atomic E-state index is 0.606. The molecule has 1 atom stereocenters. The molecule has 1 unspecified atom stereocenters. The molecule has 1 N–H and O–H groups in total. The number of nitrogens with one attached hydrogen (secondary N) is 1. The minimum Gasteiger partial charge on any atom is -0.317 e. The molecular formula is C17H26N2. The van der Waals surface area contributed by atoms with Crippen molar-refractivity contribution >= 4 is 0 Å². The lowest BCUT2D eigenvalue weighted by atomic mass is 9.72. The molecule has 0 radical (unpaired) electrons. The third-order valence-corrected chi connectivity index (χ3v) is 5.26. The van der Waals surface area contributed by atoms with Crippen LogP contribution in [0.15, 0.2) is 30.3 Å². The molecule has 2 heterocycles. The van der Waals surface area contributed by atoms with E-state index in [-0.39, 0.29) is 0 Å². The normalized spacial score (nSPS) is 26.9. The van der Waals surface area contributed by atoms with Crippen molar-refractivity contribution in [3.8, 4) is 0 Å².